The lowest BCUT2D eigenvalue weighted by Crippen LogP contribution is -2.15. The first kappa shape index (κ1) is 14.5. The van der Waals surface area contributed by atoms with Gasteiger partial charge in [-0.25, -0.2) is 0 Å². The summed E-state index contributed by atoms with van der Waals surface area (Å²) in [6.07, 6.45) is 1.71. The number of aromatic nitrogens is 1. The normalized spacial score (nSPS) is 13.5. The molecule has 2 heterocycles. The van der Waals surface area contributed by atoms with E-state index in [2.05, 4.69) is 4.98 Å². The number of fused-ring (bicyclic) bond motifs is 1. The number of rotatable bonds is 4. The van der Waals surface area contributed by atoms with Crippen LogP contribution in [0.4, 0.5) is 0 Å². The fraction of sp³-hybridized carbons (Fsp3) is 0.100. The molecule has 0 fully saturated rings. The maximum absolute atomic E-state index is 13.2. The van der Waals surface area contributed by atoms with Crippen LogP contribution in [-0.2, 0) is 0 Å². The van der Waals surface area contributed by atoms with Crippen molar-refractivity contribution in [1.29, 1.82) is 0 Å². The van der Waals surface area contributed by atoms with Gasteiger partial charge >= 0.3 is 0 Å². The summed E-state index contributed by atoms with van der Waals surface area (Å²) in [5.41, 5.74) is 2.23. The van der Waals surface area contributed by atoms with Crippen molar-refractivity contribution >= 4 is 5.78 Å². The summed E-state index contributed by atoms with van der Waals surface area (Å²) in [6, 6.07) is 20.6. The number of ketones is 1. The molecule has 0 radical (unpaired) electrons. The van der Waals surface area contributed by atoms with E-state index in [4.69, 9.17) is 9.47 Å². The third kappa shape index (κ3) is 2.63. The van der Waals surface area contributed by atoms with Crippen LogP contribution in [0.1, 0.15) is 27.5 Å². The molecule has 1 unspecified atom stereocenters. The summed E-state index contributed by atoms with van der Waals surface area (Å²) in [5.74, 6) is 0.806. The van der Waals surface area contributed by atoms with Crippen molar-refractivity contribution in [3.63, 3.8) is 0 Å². The van der Waals surface area contributed by atoms with Crippen molar-refractivity contribution in [1.82, 2.24) is 4.98 Å². The Bertz CT molecular complexity index is 823. The molecule has 0 aliphatic carbocycles. The molecule has 4 nitrogen and oxygen atoms in total. The highest BCUT2D eigenvalue weighted by molar-refractivity contribution is 6.03. The molecule has 0 bridgehead atoms. The number of hydrogen-bond acceptors (Lipinski definition) is 4. The van der Waals surface area contributed by atoms with Crippen molar-refractivity contribution < 1.29 is 14.3 Å². The van der Waals surface area contributed by atoms with E-state index in [1.807, 2.05) is 48.5 Å². The van der Waals surface area contributed by atoms with E-state index >= 15 is 0 Å². The van der Waals surface area contributed by atoms with Gasteiger partial charge in [-0.1, -0.05) is 36.4 Å². The molecule has 3 aromatic rings. The molecule has 1 aliphatic rings. The maximum Gasteiger partial charge on any atom is 0.231 e. The third-order valence-corrected chi connectivity index (χ3v) is 4.04. The Morgan fingerprint density at radius 1 is 0.917 bits per heavy atom. The number of carbonyl (C=O) groups is 1. The van der Waals surface area contributed by atoms with Crippen LogP contribution in [0.5, 0.6) is 11.5 Å². The topological polar surface area (TPSA) is 48.4 Å². The van der Waals surface area contributed by atoms with Gasteiger partial charge in [0.2, 0.25) is 6.79 Å². The van der Waals surface area contributed by atoms with Gasteiger partial charge in [0.25, 0.3) is 0 Å². The highest BCUT2D eigenvalue weighted by Crippen LogP contribution is 2.35. The first-order chi connectivity index (χ1) is 11.8. The molecule has 24 heavy (non-hydrogen) atoms. The highest BCUT2D eigenvalue weighted by atomic mass is 16.7. The molecule has 0 amide bonds. The van der Waals surface area contributed by atoms with Crippen molar-refractivity contribution in [2.45, 2.75) is 5.92 Å². The molecule has 0 spiro atoms. The van der Waals surface area contributed by atoms with E-state index < -0.39 is 5.92 Å². The predicted octanol–water partition coefficient (Wildman–Crippen LogP) is 3.83. The minimum absolute atomic E-state index is 0.0156. The number of benzene rings is 2. The van der Waals surface area contributed by atoms with Crippen molar-refractivity contribution in [3.8, 4) is 11.5 Å². The summed E-state index contributed by atoms with van der Waals surface area (Å²) >= 11 is 0. The van der Waals surface area contributed by atoms with Crippen LogP contribution in [0.25, 0.3) is 0 Å². The van der Waals surface area contributed by atoms with Crippen molar-refractivity contribution in [2.75, 3.05) is 6.79 Å². The number of Topliss-reactive ketones (excluding diaryl/α,β-unsaturated/α-hetero) is 1. The molecule has 1 aliphatic heterocycles. The predicted molar refractivity (Wildman–Crippen MR) is 89.4 cm³/mol. The van der Waals surface area contributed by atoms with Crippen LogP contribution in [-0.4, -0.2) is 17.6 Å². The smallest absolute Gasteiger partial charge is 0.231 e. The molecule has 2 aromatic carbocycles. The first-order valence-corrected chi connectivity index (χ1v) is 7.72. The van der Waals surface area contributed by atoms with Crippen LogP contribution in [0.15, 0.2) is 72.9 Å². The minimum Gasteiger partial charge on any atom is -0.454 e. The van der Waals surface area contributed by atoms with Crippen LogP contribution in [0, 0.1) is 0 Å². The van der Waals surface area contributed by atoms with Gasteiger partial charge in [-0.2, -0.15) is 0 Å². The summed E-state index contributed by atoms with van der Waals surface area (Å²) in [7, 11) is 0. The highest BCUT2D eigenvalue weighted by Gasteiger charge is 2.26. The molecule has 4 heteroatoms. The lowest BCUT2D eigenvalue weighted by Gasteiger charge is -2.16. The number of hydrogen-bond donors (Lipinski definition) is 0. The zero-order valence-electron chi connectivity index (χ0n) is 12.9. The molecule has 4 rings (SSSR count). The lowest BCUT2D eigenvalue weighted by molar-refractivity contribution is 0.0972. The van der Waals surface area contributed by atoms with E-state index in [0.29, 0.717) is 17.1 Å². The molecule has 0 saturated heterocycles. The zero-order chi connectivity index (χ0) is 16.4. The average molecular weight is 317 g/mol. The summed E-state index contributed by atoms with van der Waals surface area (Å²) in [5, 5.41) is 0. The van der Waals surface area contributed by atoms with Gasteiger partial charge in [0.15, 0.2) is 17.3 Å². The second kappa shape index (κ2) is 6.16. The van der Waals surface area contributed by atoms with Gasteiger partial charge in [0.05, 0.1) is 11.6 Å². The summed E-state index contributed by atoms with van der Waals surface area (Å²) < 4.78 is 10.7. The van der Waals surface area contributed by atoms with Gasteiger partial charge in [-0.15, -0.1) is 0 Å². The van der Waals surface area contributed by atoms with Crippen molar-refractivity contribution in [3.05, 3.63) is 89.7 Å². The molecular formula is C20H15NO3. The van der Waals surface area contributed by atoms with E-state index in [1.54, 1.807) is 24.4 Å². The number of nitrogens with zero attached hydrogens (tertiary/aromatic N) is 1. The van der Waals surface area contributed by atoms with Crippen LogP contribution >= 0.6 is 0 Å². The first-order valence-electron chi connectivity index (χ1n) is 7.72. The van der Waals surface area contributed by atoms with E-state index in [0.717, 1.165) is 11.3 Å². The Kier molecular flexibility index (Phi) is 3.71. The molecule has 118 valence electrons. The maximum atomic E-state index is 13.2. The summed E-state index contributed by atoms with van der Waals surface area (Å²) in [4.78, 5) is 17.6. The largest absolute Gasteiger partial charge is 0.454 e. The fourth-order valence-corrected chi connectivity index (χ4v) is 2.87. The standard InChI is InChI=1S/C20H15NO3/c22-20(15-9-10-17-18(12-15)24-13-23-17)19(14-6-2-1-3-7-14)16-8-4-5-11-21-16/h1-12,19H,13H2. The quantitative estimate of drug-likeness (QED) is 0.686. The number of pyridine rings is 1. The minimum atomic E-state index is -0.451. The molecule has 0 N–H and O–H groups in total. The van der Waals surface area contributed by atoms with E-state index in [1.165, 1.54) is 0 Å². The van der Waals surface area contributed by atoms with Crippen LogP contribution in [0.3, 0.4) is 0 Å². The van der Waals surface area contributed by atoms with Crippen molar-refractivity contribution in [2.24, 2.45) is 0 Å². The molecule has 0 saturated carbocycles. The molecule has 1 aromatic heterocycles. The Morgan fingerprint density at radius 3 is 2.50 bits per heavy atom. The third-order valence-electron chi connectivity index (χ3n) is 4.04. The average Bonchev–Trinajstić information content (AvgIpc) is 3.11. The van der Waals surface area contributed by atoms with Gasteiger partial charge in [0.1, 0.15) is 0 Å². The SMILES string of the molecule is O=C(c1ccc2c(c1)OCO2)C(c1ccccc1)c1ccccn1. The van der Waals surface area contributed by atoms with E-state index in [9.17, 15) is 4.79 Å². The second-order valence-electron chi connectivity index (χ2n) is 5.53. The number of ether oxygens (including phenoxy) is 2. The fourth-order valence-electron chi connectivity index (χ4n) is 2.87. The van der Waals surface area contributed by atoms with Gasteiger partial charge in [-0.05, 0) is 35.9 Å². The monoisotopic (exact) mass is 317 g/mol. The van der Waals surface area contributed by atoms with Crippen LogP contribution in [0.2, 0.25) is 0 Å². The lowest BCUT2D eigenvalue weighted by atomic mass is 9.87. The Morgan fingerprint density at radius 2 is 1.71 bits per heavy atom. The van der Waals surface area contributed by atoms with E-state index in [-0.39, 0.29) is 12.6 Å². The number of carbonyl (C=O) groups excluding carboxylic acids is 1. The van der Waals surface area contributed by atoms with Crippen LogP contribution < -0.4 is 9.47 Å². The Hall–Kier alpha value is -3.14. The molecule has 1 atom stereocenters. The molecular weight excluding hydrogens is 302 g/mol. The zero-order valence-corrected chi connectivity index (χ0v) is 12.9. The Balaban J connectivity index is 1.77. The second-order valence-corrected chi connectivity index (χ2v) is 5.53. The summed E-state index contributed by atoms with van der Waals surface area (Å²) in [6.45, 7) is 0.190. The van der Waals surface area contributed by atoms with Gasteiger partial charge < -0.3 is 9.47 Å². The Labute approximate surface area is 139 Å². The van der Waals surface area contributed by atoms with Gasteiger partial charge in [0, 0.05) is 11.8 Å². The van der Waals surface area contributed by atoms with Gasteiger partial charge in [-0.3, -0.25) is 9.78 Å².